The van der Waals surface area contributed by atoms with Crippen molar-refractivity contribution >= 4 is 11.5 Å². The summed E-state index contributed by atoms with van der Waals surface area (Å²) in [5, 5.41) is 15.1. The van der Waals surface area contributed by atoms with Gasteiger partial charge in [-0.3, -0.25) is 4.79 Å². The lowest BCUT2D eigenvalue weighted by atomic mass is 9.91. The highest BCUT2D eigenvalue weighted by Crippen LogP contribution is 2.24. The molecule has 26 heavy (non-hydrogen) atoms. The van der Waals surface area contributed by atoms with Crippen LogP contribution in [0.15, 0.2) is 30.3 Å². The third-order valence-electron chi connectivity index (χ3n) is 4.67. The molecule has 0 fully saturated rings. The summed E-state index contributed by atoms with van der Waals surface area (Å²) in [7, 11) is 0. The summed E-state index contributed by atoms with van der Waals surface area (Å²) in [6, 6.07) is 10.0. The Bertz CT molecular complexity index is 974. The van der Waals surface area contributed by atoms with Crippen LogP contribution in [-0.2, 0) is 6.54 Å². The number of ketones is 1. The minimum absolute atomic E-state index is 0.109. The number of carbonyl (C=O) groups is 1. The molecule has 0 radical (unpaired) electrons. The van der Waals surface area contributed by atoms with Crippen molar-refractivity contribution in [3.63, 3.8) is 0 Å². The molecule has 134 valence electrons. The van der Waals surface area contributed by atoms with E-state index in [4.69, 9.17) is 0 Å². The van der Waals surface area contributed by atoms with E-state index in [9.17, 15) is 4.79 Å². The van der Waals surface area contributed by atoms with E-state index in [-0.39, 0.29) is 5.78 Å². The van der Waals surface area contributed by atoms with Gasteiger partial charge in [0.15, 0.2) is 11.6 Å². The first-order chi connectivity index (χ1) is 12.4. The van der Waals surface area contributed by atoms with Crippen LogP contribution in [0.4, 0.5) is 5.69 Å². The molecule has 0 atom stereocenters. The van der Waals surface area contributed by atoms with Crippen molar-refractivity contribution in [2.24, 2.45) is 0 Å². The van der Waals surface area contributed by atoms with Gasteiger partial charge in [0.2, 0.25) is 0 Å². The first-order valence-corrected chi connectivity index (χ1v) is 8.58. The van der Waals surface area contributed by atoms with Crippen LogP contribution in [0.1, 0.15) is 45.4 Å². The van der Waals surface area contributed by atoms with Crippen LogP contribution in [0.2, 0.25) is 0 Å². The molecule has 0 saturated heterocycles. The van der Waals surface area contributed by atoms with E-state index >= 15 is 0 Å². The normalized spacial score (nSPS) is 10.8. The number of hydrogen-bond donors (Lipinski definition) is 1. The summed E-state index contributed by atoms with van der Waals surface area (Å²) in [5.41, 5.74) is 7.13. The Hall–Kier alpha value is -3.02. The van der Waals surface area contributed by atoms with Crippen molar-refractivity contribution in [2.75, 3.05) is 5.32 Å². The van der Waals surface area contributed by atoms with Crippen LogP contribution in [0.25, 0.3) is 5.69 Å². The summed E-state index contributed by atoms with van der Waals surface area (Å²) >= 11 is 0. The highest BCUT2D eigenvalue weighted by atomic mass is 16.1. The van der Waals surface area contributed by atoms with Crippen LogP contribution in [-0.4, -0.2) is 26.0 Å². The van der Waals surface area contributed by atoms with Gasteiger partial charge in [-0.25, -0.2) is 0 Å². The lowest BCUT2D eigenvalue weighted by molar-refractivity contribution is 0.101. The average Bonchev–Trinajstić information content (AvgIpc) is 3.00. The number of aryl methyl sites for hydroxylation is 3. The van der Waals surface area contributed by atoms with Gasteiger partial charge in [-0.1, -0.05) is 12.1 Å². The molecule has 0 saturated carbocycles. The van der Waals surface area contributed by atoms with Crippen LogP contribution in [0, 0.1) is 27.7 Å². The Balaban J connectivity index is 1.87. The third-order valence-corrected chi connectivity index (χ3v) is 4.67. The van der Waals surface area contributed by atoms with Crippen molar-refractivity contribution < 1.29 is 4.79 Å². The fourth-order valence-corrected chi connectivity index (χ4v) is 3.45. The van der Waals surface area contributed by atoms with Gasteiger partial charge in [0.25, 0.3) is 0 Å². The Morgan fingerprint density at radius 1 is 1.12 bits per heavy atom. The van der Waals surface area contributed by atoms with E-state index in [1.165, 1.54) is 5.56 Å². The summed E-state index contributed by atoms with van der Waals surface area (Å²) in [6.07, 6.45) is 0. The largest absolute Gasteiger partial charge is 0.381 e. The van der Waals surface area contributed by atoms with Crippen molar-refractivity contribution in [1.82, 2.24) is 20.2 Å². The van der Waals surface area contributed by atoms with Gasteiger partial charge < -0.3 is 5.32 Å². The van der Waals surface area contributed by atoms with E-state index in [0.717, 1.165) is 39.5 Å². The molecule has 6 heteroatoms. The maximum Gasteiger partial charge on any atom is 0.160 e. The third kappa shape index (κ3) is 3.35. The molecule has 0 unspecified atom stereocenters. The molecule has 0 aliphatic rings. The van der Waals surface area contributed by atoms with Gasteiger partial charge in [-0.05, 0) is 85.5 Å². The standard InChI is InChI=1S/C20H23N5O/c1-12-9-13(2)20(15(4)26)14(3)19(12)11-21-17-7-6-8-18(10-17)25-16(5)22-23-24-25/h6-10,21H,11H2,1-5H3. The molecule has 1 N–H and O–H groups in total. The maximum absolute atomic E-state index is 12.0. The number of nitrogens with one attached hydrogen (secondary N) is 1. The molecule has 0 spiro atoms. The van der Waals surface area contributed by atoms with E-state index < -0.39 is 0 Å². The van der Waals surface area contributed by atoms with Crippen molar-refractivity contribution in [1.29, 1.82) is 0 Å². The van der Waals surface area contributed by atoms with Gasteiger partial charge in [0.05, 0.1) is 5.69 Å². The zero-order chi connectivity index (χ0) is 18.8. The smallest absolute Gasteiger partial charge is 0.160 e. The minimum Gasteiger partial charge on any atom is -0.381 e. The zero-order valence-corrected chi connectivity index (χ0v) is 15.8. The molecule has 0 bridgehead atoms. The maximum atomic E-state index is 12.0. The van der Waals surface area contributed by atoms with Gasteiger partial charge >= 0.3 is 0 Å². The second-order valence-electron chi connectivity index (χ2n) is 6.59. The highest BCUT2D eigenvalue weighted by molar-refractivity contribution is 5.97. The van der Waals surface area contributed by atoms with Crippen LogP contribution < -0.4 is 5.32 Å². The van der Waals surface area contributed by atoms with Crippen LogP contribution in [0.3, 0.4) is 0 Å². The average molecular weight is 349 g/mol. The number of Topliss-reactive ketones (excluding diaryl/α,β-unsaturated/α-hetero) is 1. The van der Waals surface area contributed by atoms with Gasteiger partial charge in [-0.15, -0.1) is 5.10 Å². The molecular weight excluding hydrogens is 326 g/mol. The van der Waals surface area contributed by atoms with Gasteiger partial charge in [0.1, 0.15) is 0 Å². The highest BCUT2D eigenvalue weighted by Gasteiger charge is 2.14. The minimum atomic E-state index is 0.109. The predicted molar refractivity (Wildman–Crippen MR) is 102 cm³/mol. The van der Waals surface area contributed by atoms with Gasteiger partial charge in [0, 0.05) is 17.8 Å². The van der Waals surface area contributed by atoms with Crippen LogP contribution >= 0.6 is 0 Å². The number of rotatable bonds is 5. The molecule has 0 aliphatic carbocycles. The van der Waals surface area contributed by atoms with Crippen molar-refractivity contribution in [3.8, 4) is 5.69 Å². The van der Waals surface area contributed by atoms with E-state index in [0.29, 0.717) is 6.54 Å². The van der Waals surface area contributed by atoms with Gasteiger partial charge in [-0.2, -0.15) is 4.68 Å². The fourth-order valence-electron chi connectivity index (χ4n) is 3.45. The Labute approximate surface area is 153 Å². The molecule has 0 amide bonds. The molecule has 3 aromatic rings. The molecule has 6 nitrogen and oxygen atoms in total. The summed E-state index contributed by atoms with van der Waals surface area (Å²) < 4.78 is 1.70. The number of carbonyl (C=O) groups excluding carboxylic acids is 1. The molecule has 3 rings (SSSR count). The first-order valence-electron chi connectivity index (χ1n) is 8.58. The quantitative estimate of drug-likeness (QED) is 0.711. The molecule has 1 aromatic heterocycles. The molecule has 1 heterocycles. The second-order valence-corrected chi connectivity index (χ2v) is 6.59. The number of anilines is 1. The number of tetrazole rings is 1. The fraction of sp³-hybridized carbons (Fsp3) is 0.300. The zero-order valence-electron chi connectivity index (χ0n) is 15.8. The predicted octanol–water partition coefficient (Wildman–Crippen LogP) is 3.71. The Morgan fingerprint density at radius 3 is 2.54 bits per heavy atom. The van der Waals surface area contributed by atoms with E-state index in [1.54, 1.807) is 11.6 Å². The Morgan fingerprint density at radius 2 is 1.88 bits per heavy atom. The number of benzene rings is 2. The summed E-state index contributed by atoms with van der Waals surface area (Å²) in [5.74, 6) is 0.843. The second kappa shape index (κ2) is 7.07. The molecule has 0 aliphatic heterocycles. The lowest BCUT2D eigenvalue weighted by Crippen LogP contribution is -2.10. The summed E-state index contributed by atoms with van der Waals surface area (Å²) in [6.45, 7) is 10.2. The topological polar surface area (TPSA) is 72.7 Å². The molecule has 2 aromatic carbocycles. The molecular formula is C20H23N5O. The monoisotopic (exact) mass is 349 g/mol. The van der Waals surface area contributed by atoms with Crippen molar-refractivity contribution in [3.05, 3.63) is 64.0 Å². The number of hydrogen-bond acceptors (Lipinski definition) is 5. The summed E-state index contributed by atoms with van der Waals surface area (Å²) in [4.78, 5) is 12.0. The lowest BCUT2D eigenvalue weighted by Gasteiger charge is -2.17. The van der Waals surface area contributed by atoms with Crippen LogP contribution in [0.5, 0.6) is 0 Å². The SMILES string of the molecule is CC(=O)c1c(C)cc(C)c(CNc2cccc(-n3nnnc3C)c2)c1C. The first kappa shape index (κ1) is 17.8. The number of aromatic nitrogens is 4. The number of nitrogens with zero attached hydrogens (tertiary/aromatic N) is 4. The van der Waals surface area contributed by atoms with E-state index in [2.05, 4.69) is 33.8 Å². The Kier molecular flexibility index (Phi) is 4.84. The van der Waals surface area contributed by atoms with Crippen molar-refractivity contribution in [2.45, 2.75) is 41.2 Å². The van der Waals surface area contributed by atoms with E-state index in [1.807, 2.05) is 45.0 Å².